The molecular formula is C10H17NO4. The molecule has 5 heteroatoms. The second-order valence-corrected chi connectivity index (χ2v) is 3.67. The van der Waals surface area contributed by atoms with Crippen molar-refractivity contribution in [3.05, 3.63) is 0 Å². The second-order valence-electron chi connectivity index (χ2n) is 3.67. The number of piperidine rings is 1. The normalized spacial score (nSPS) is 27.1. The van der Waals surface area contributed by atoms with Crippen LogP contribution in [0.1, 0.15) is 19.3 Å². The Morgan fingerprint density at radius 2 is 1.47 bits per heavy atom. The summed E-state index contributed by atoms with van der Waals surface area (Å²) in [7, 11) is 4.47. The zero-order valence-electron chi connectivity index (χ0n) is 9.36. The van der Waals surface area contributed by atoms with Crippen LogP contribution < -0.4 is 0 Å². The average molecular weight is 215 g/mol. The first-order valence-corrected chi connectivity index (χ1v) is 4.99. The predicted molar refractivity (Wildman–Crippen MR) is 53.2 cm³/mol. The Balaban J connectivity index is 2.70. The fraction of sp³-hybridized carbons (Fsp3) is 0.800. The van der Waals surface area contributed by atoms with E-state index in [0.29, 0.717) is 0 Å². The van der Waals surface area contributed by atoms with E-state index in [2.05, 4.69) is 9.47 Å². The molecule has 2 atom stereocenters. The lowest BCUT2D eigenvalue weighted by Gasteiger charge is -2.35. The molecule has 1 aliphatic heterocycles. The standard InChI is InChI=1S/C10H17NO4/c1-11-7(9(12)14-2)5-4-6-8(11)10(13)15-3/h7-8H,4-6H2,1-3H3/t7-,8-/m0/s1. The van der Waals surface area contributed by atoms with Crippen LogP contribution in [0.4, 0.5) is 0 Å². The lowest BCUT2D eigenvalue weighted by atomic mass is 9.96. The quantitative estimate of drug-likeness (QED) is 0.615. The van der Waals surface area contributed by atoms with Crippen molar-refractivity contribution < 1.29 is 19.1 Å². The zero-order valence-corrected chi connectivity index (χ0v) is 9.36. The lowest BCUT2D eigenvalue weighted by Crippen LogP contribution is -2.51. The van der Waals surface area contributed by atoms with Gasteiger partial charge in [0.1, 0.15) is 12.1 Å². The third kappa shape index (κ3) is 2.47. The number of hydrogen-bond donors (Lipinski definition) is 0. The van der Waals surface area contributed by atoms with Crippen molar-refractivity contribution in [1.82, 2.24) is 4.90 Å². The molecule has 1 saturated heterocycles. The lowest BCUT2D eigenvalue weighted by molar-refractivity contribution is -0.156. The Bertz CT molecular complexity index is 230. The summed E-state index contributed by atoms with van der Waals surface area (Å²) in [6.07, 6.45) is 2.30. The molecule has 1 heterocycles. The molecular weight excluding hydrogens is 198 g/mol. The summed E-state index contributed by atoms with van der Waals surface area (Å²) in [5.41, 5.74) is 0. The summed E-state index contributed by atoms with van der Waals surface area (Å²) in [5, 5.41) is 0. The molecule has 0 aromatic rings. The number of methoxy groups -OCH3 is 2. The van der Waals surface area contributed by atoms with Gasteiger partial charge in [-0.15, -0.1) is 0 Å². The van der Waals surface area contributed by atoms with E-state index in [9.17, 15) is 9.59 Å². The van der Waals surface area contributed by atoms with Crippen LogP contribution in [-0.4, -0.2) is 50.2 Å². The molecule has 0 aromatic carbocycles. The van der Waals surface area contributed by atoms with Crippen molar-refractivity contribution in [3.63, 3.8) is 0 Å². The van der Waals surface area contributed by atoms with Crippen LogP contribution in [0.3, 0.4) is 0 Å². The molecule has 15 heavy (non-hydrogen) atoms. The number of likely N-dealkylation sites (N-methyl/N-ethyl adjacent to an activating group) is 1. The Hall–Kier alpha value is -1.10. The molecule has 1 rings (SSSR count). The molecule has 0 aromatic heterocycles. The van der Waals surface area contributed by atoms with Gasteiger partial charge in [0, 0.05) is 0 Å². The van der Waals surface area contributed by atoms with E-state index in [0.717, 1.165) is 19.3 Å². The Morgan fingerprint density at radius 3 is 1.80 bits per heavy atom. The van der Waals surface area contributed by atoms with Gasteiger partial charge in [-0.2, -0.15) is 0 Å². The highest BCUT2D eigenvalue weighted by Crippen LogP contribution is 2.22. The van der Waals surface area contributed by atoms with Crippen LogP contribution in [0.5, 0.6) is 0 Å². The summed E-state index contributed by atoms with van der Waals surface area (Å²) in [5.74, 6) is -0.572. The third-order valence-electron chi connectivity index (χ3n) is 2.88. The van der Waals surface area contributed by atoms with E-state index in [-0.39, 0.29) is 24.0 Å². The van der Waals surface area contributed by atoms with Crippen molar-refractivity contribution in [2.75, 3.05) is 21.3 Å². The molecule has 5 nitrogen and oxygen atoms in total. The van der Waals surface area contributed by atoms with Gasteiger partial charge in [0.2, 0.25) is 0 Å². The van der Waals surface area contributed by atoms with Gasteiger partial charge in [-0.05, 0) is 26.3 Å². The molecule has 0 saturated carbocycles. The van der Waals surface area contributed by atoms with Crippen LogP contribution >= 0.6 is 0 Å². The van der Waals surface area contributed by atoms with E-state index in [1.807, 2.05) is 0 Å². The molecule has 1 fully saturated rings. The number of carbonyl (C=O) groups excluding carboxylic acids is 2. The number of carbonyl (C=O) groups is 2. The summed E-state index contributed by atoms with van der Waals surface area (Å²) in [6.45, 7) is 0. The molecule has 0 N–H and O–H groups in total. The monoisotopic (exact) mass is 215 g/mol. The minimum absolute atomic E-state index is 0.286. The van der Waals surface area contributed by atoms with Gasteiger partial charge in [-0.3, -0.25) is 14.5 Å². The van der Waals surface area contributed by atoms with Crippen LogP contribution in [0.25, 0.3) is 0 Å². The van der Waals surface area contributed by atoms with Gasteiger partial charge >= 0.3 is 11.9 Å². The van der Waals surface area contributed by atoms with E-state index in [1.165, 1.54) is 14.2 Å². The highest BCUT2D eigenvalue weighted by molar-refractivity contribution is 5.80. The maximum Gasteiger partial charge on any atom is 0.323 e. The number of likely N-dealkylation sites (tertiary alicyclic amines) is 1. The Kier molecular flexibility index (Phi) is 4.08. The first-order valence-electron chi connectivity index (χ1n) is 4.99. The zero-order chi connectivity index (χ0) is 11.4. The van der Waals surface area contributed by atoms with Crippen molar-refractivity contribution in [3.8, 4) is 0 Å². The van der Waals surface area contributed by atoms with E-state index < -0.39 is 0 Å². The number of hydrogen-bond acceptors (Lipinski definition) is 5. The molecule has 0 unspecified atom stereocenters. The molecule has 0 bridgehead atoms. The summed E-state index contributed by atoms with van der Waals surface area (Å²) >= 11 is 0. The van der Waals surface area contributed by atoms with Crippen LogP contribution in [-0.2, 0) is 19.1 Å². The molecule has 0 aliphatic carbocycles. The highest BCUT2D eigenvalue weighted by Gasteiger charge is 2.37. The maximum atomic E-state index is 11.4. The largest absolute Gasteiger partial charge is 0.468 e. The molecule has 86 valence electrons. The second kappa shape index (κ2) is 5.11. The van der Waals surface area contributed by atoms with Gasteiger partial charge in [0.05, 0.1) is 14.2 Å². The Labute approximate surface area is 89.3 Å². The number of ether oxygens (including phenoxy) is 2. The van der Waals surface area contributed by atoms with E-state index >= 15 is 0 Å². The summed E-state index contributed by atoms with van der Waals surface area (Å²) in [6, 6.07) is -0.652. The fourth-order valence-corrected chi connectivity index (χ4v) is 1.97. The highest BCUT2D eigenvalue weighted by atomic mass is 16.5. The molecule has 0 radical (unpaired) electrons. The van der Waals surface area contributed by atoms with Crippen LogP contribution in [0.15, 0.2) is 0 Å². The number of rotatable bonds is 2. The van der Waals surface area contributed by atoms with Gasteiger partial charge in [0.25, 0.3) is 0 Å². The average Bonchev–Trinajstić information content (AvgIpc) is 2.27. The van der Waals surface area contributed by atoms with Crippen molar-refractivity contribution in [2.45, 2.75) is 31.3 Å². The summed E-state index contributed by atoms with van der Waals surface area (Å²) in [4.78, 5) is 24.6. The van der Waals surface area contributed by atoms with Crippen molar-refractivity contribution >= 4 is 11.9 Å². The van der Waals surface area contributed by atoms with E-state index in [4.69, 9.17) is 0 Å². The van der Waals surface area contributed by atoms with E-state index in [1.54, 1.807) is 11.9 Å². The fourth-order valence-electron chi connectivity index (χ4n) is 1.97. The number of esters is 2. The molecule has 1 aliphatic rings. The van der Waals surface area contributed by atoms with Gasteiger partial charge in [0.15, 0.2) is 0 Å². The maximum absolute atomic E-state index is 11.4. The number of nitrogens with zero attached hydrogens (tertiary/aromatic N) is 1. The SMILES string of the molecule is COC(=O)[C@@H]1CCC[C@@H](C(=O)OC)N1C. The topological polar surface area (TPSA) is 55.8 Å². The van der Waals surface area contributed by atoms with Gasteiger partial charge in [-0.25, -0.2) is 0 Å². The first-order chi connectivity index (χ1) is 7.11. The van der Waals surface area contributed by atoms with Crippen molar-refractivity contribution in [1.29, 1.82) is 0 Å². The minimum atomic E-state index is -0.326. The predicted octanol–water partition coefficient (Wildman–Crippen LogP) is 0.185. The van der Waals surface area contributed by atoms with Gasteiger partial charge in [-0.1, -0.05) is 0 Å². The minimum Gasteiger partial charge on any atom is -0.468 e. The van der Waals surface area contributed by atoms with Gasteiger partial charge < -0.3 is 9.47 Å². The Morgan fingerprint density at radius 1 is 1.07 bits per heavy atom. The smallest absolute Gasteiger partial charge is 0.323 e. The van der Waals surface area contributed by atoms with Crippen LogP contribution in [0, 0.1) is 0 Å². The third-order valence-corrected chi connectivity index (χ3v) is 2.88. The van der Waals surface area contributed by atoms with Crippen molar-refractivity contribution in [2.24, 2.45) is 0 Å². The van der Waals surface area contributed by atoms with Crippen LogP contribution in [0.2, 0.25) is 0 Å². The first kappa shape index (κ1) is 12.0. The molecule has 0 amide bonds. The molecule has 0 spiro atoms. The summed E-state index contributed by atoms with van der Waals surface area (Å²) < 4.78 is 9.38.